The second-order valence-corrected chi connectivity index (χ2v) is 8.84. The Morgan fingerprint density at radius 1 is 1.26 bits per heavy atom. The minimum absolute atomic E-state index is 0.0931. The van der Waals surface area contributed by atoms with Crippen LogP contribution in [-0.2, 0) is 4.74 Å². The Balaban J connectivity index is 0.00000166. The summed E-state index contributed by atoms with van der Waals surface area (Å²) in [5.74, 6) is 1.39. The maximum atomic E-state index is 11.7. The number of aliphatic hydroxyl groups excluding tert-OH is 1. The van der Waals surface area contributed by atoms with Crippen LogP contribution in [0.1, 0.15) is 74.8 Å². The molecule has 7 nitrogen and oxygen atoms in total. The minimum Gasteiger partial charge on any atom is -0.400 e. The highest BCUT2D eigenvalue weighted by Crippen LogP contribution is 2.34. The SMILES string of the molecule is CO.COCC1CCN(c2cc(C=O)nc(NC3CCCCC3)c2C(=N)C(C)C)CC1. The Labute approximate surface area is 187 Å². The average Bonchev–Trinajstić information content (AvgIpc) is 2.81. The fourth-order valence-electron chi connectivity index (χ4n) is 4.54. The molecule has 1 saturated carbocycles. The fraction of sp³-hybridized carbons (Fsp3) is 0.708. The van der Waals surface area contributed by atoms with Crippen molar-refractivity contribution in [2.24, 2.45) is 11.8 Å². The molecule has 3 N–H and O–H groups in total. The topological polar surface area (TPSA) is 98.5 Å². The number of rotatable bonds is 8. The molecule has 31 heavy (non-hydrogen) atoms. The van der Waals surface area contributed by atoms with Gasteiger partial charge in [0, 0.05) is 45.7 Å². The number of aromatic nitrogens is 1. The summed E-state index contributed by atoms with van der Waals surface area (Å²) in [6.07, 6.45) is 8.94. The molecule has 0 bridgehead atoms. The van der Waals surface area contributed by atoms with Crippen LogP contribution in [0.2, 0.25) is 0 Å². The Bertz CT molecular complexity index is 709. The maximum absolute atomic E-state index is 11.7. The average molecular weight is 433 g/mol. The van der Waals surface area contributed by atoms with Crippen LogP contribution >= 0.6 is 0 Å². The van der Waals surface area contributed by atoms with Gasteiger partial charge in [-0.3, -0.25) is 4.79 Å². The van der Waals surface area contributed by atoms with Crippen LogP contribution in [0.3, 0.4) is 0 Å². The normalized spacial score (nSPS) is 17.8. The molecule has 174 valence electrons. The third-order valence-corrected chi connectivity index (χ3v) is 6.29. The summed E-state index contributed by atoms with van der Waals surface area (Å²) in [7, 11) is 2.76. The van der Waals surface area contributed by atoms with Crippen LogP contribution in [0.25, 0.3) is 0 Å². The lowest BCUT2D eigenvalue weighted by molar-refractivity contribution is 0.111. The largest absolute Gasteiger partial charge is 0.400 e. The van der Waals surface area contributed by atoms with Crippen LogP contribution in [0.15, 0.2) is 6.07 Å². The number of hydrogen-bond donors (Lipinski definition) is 3. The third kappa shape index (κ3) is 6.74. The Morgan fingerprint density at radius 2 is 1.90 bits per heavy atom. The number of carbonyl (C=O) groups is 1. The smallest absolute Gasteiger partial charge is 0.168 e. The first-order valence-electron chi connectivity index (χ1n) is 11.6. The van der Waals surface area contributed by atoms with Gasteiger partial charge in [0.25, 0.3) is 0 Å². The van der Waals surface area contributed by atoms with E-state index in [0.717, 1.165) is 70.0 Å². The lowest BCUT2D eigenvalue weighted by Crippen LogP contribution is -2.37. The number of ether oxygens (including phenoxy) is 1. The molecule has 0 amide bonds. The van der Waals surface area contributed by atoms with Crippen LogP contribution < -0.4 is 10.2 Å². The molecule has 1 aromatic rings. The van der Waals surface area contributed by atoms with Crippen LogP contribution in [0, 0.1) is 17.2 Å². The Hall–Kier alpha value is -1.99. The van der Waals surface area contributed by atoms with E-state index in [1.54, 1.807) is 7.11 Å². The van der Waals surface area contributed by atoms with Gasteiger partial charge in [0.2, 0.25) is 0 Å². The van der Waals surface area contributed by atoms with Gasteiger partial charge in [-0.15, -0.1) is 0 Å². The van der Waals surface area contributed by atoms with E-state index in [9.17, 15) is 4.79 Å². The molecular weight excluding hydrogens is 392 g/mol. The predicted octanol–water partition coefficient (Wildman–Crippen LogP) is 4.13. The summed E-state index contributed by atoms with van der Waals surface area (Å²) in [5, 5.41) is 19.4. The molecule has 2 fully saturated rings. The molecule has 0 atom stereocenters. The number of nitrogens with zero attached hydrogens (tertiary/aromatic N) is 2. The molecule has 0 aromatic carbocycles. The fourth-order valence-corrected chi connectivity index (χ4v) is 4.54. The van der Waals surface area contributed by atoms with Crippen molar-refractivity contribution in [3.63, 3.8) is 0 Å². The zero-order valence-electron chi connectivity index (χ0n) is 19.6. The maximum Gasteiger partial charge on any atom is 0.168 e. The molecule has 1 aliphatic heterocycles. The van der Waals surface area contributed by atoms with Crippen molar-refractivity contribution in [3.8, 4) is 0 Å². The van der Waals surface area contributed by atoms with Gasteiger partial charge in [0.1, 0.15) is 11.5 Å². The second kappa shape index (κ2) is 12.8. The summed E-state index contributed by atoms with van der Waals surface area (Å²) in [5.41, 5.74) is 2.89. The van der Waals surface area contributed by atoms with Gasteiger partial charge >= 0.3 is 0 Å². The molecule has 1 aromatic heterocycles. The second-order valence-electron chi connectivity index (χ2n) is 8.84. The van der Waals surface area contributed by atoms with Gasteiger partial charge in [-0.2, -0.15) is 0 Å². The summed E-state index contributed by atoms with van der Waals surface area (Å²) in [6.45, 7) is 6.73. The van der Waals surface area contributed by atoms with E-state index in [-0.39, 0.29) is 5.92 Å². The molecule has 2 heterocycles. The van der Waals surface area contributed by atoms with Crippen molar-refractivity contribution in [1.82, 2.24) is 4.98 Å². The summed E-state index contributed by atoms with van der Waals surface area (Å²) in [6, 6.07) is 2.25. The van der Waals surface area contributed by atoms with E-state index in [0.29, 0.717) is 29.2 Å². The number of anilines is 2. The molecular formula is C24H40N4O3. The highest BCUT2D eigenvalue weighted by atomic mass is 16.5. The quantitative estimate of drug-likeness (QED) is 0.422. The van der Waals surface area contributed by atoms with E-state index in [2.05, 4.69) is 29.0 Å². The first kappa shape index (κ1) is 25.3. The predicted molar refractivity (Wildman–Crippen MR) is 127 cm³/mol. The van der Waals surface area contributed by atoms with Gasteiger partial charge in [-0.05, 0) is 43.6 Å². The number of pyridine rings is 1. The lowest BCUT2D eigenvalue weighted by Gasteiger charge is -2.36. The zero-order chi connectivity index (χ0) is 22.8. The van der Waals surface area contributed by atoms with Crippen LogP contribution in [0.5, 0.6) is 0 Å². The summed E-state index contributed by atoms with van der Waals surface area (Å²) >= 11 is 0. The summed E-state index contributed by atoms with van der Waals surface area (Å²) < 4.78 is 5.34. The van der Waals surface area contributed by atoms with Crippen molar-refractivity contribution in [3.05, 3.63) is 17.3 Å². The molecule has 2 aliphatic rings. The van der Waals surface area contributed by atoms with Gasteiger partial charge in [0.15, 0.2) is 6.29 Å². The Kier molecular flexibility index (Phi) is 10.4. The molecule has 0 unspecified atom stereocenters. The van der Waals surface area contributed by atoms with E-state index in [4.69, 9.17) is 15.3 Å². The molecule has 1 saturated heterocycles. The number of aldehydes is 1. The first-order chi connectivity index (χ1) is 15.0. The van der Waals surface area contributed by atoms with Gasteiger partial charge in [-0.1, -0.05) is 33.1 Å². The van der Waals surface area contributed by atoms with Crippen LogP contribution in [-0.4, -0.2) is 62.0 Å². The van der Waals surface area contributed by atoms with E-state index < -0.39 is 0 Å². The number of methoxy groups -OCH3 is 1. The number of carbonyl (C=O) groups excluding carboxylic acids is 1. The monoisotopic (exact) mass is 432 g/mol. The van der Waals surface area contributed by atoms with Gasteiger partial charge < -0.3 is 25.5 Å². The standard InChI is InChI=1S/C23H36N4O2.CH4O/c1-16(2)22(24)21-20(27-11-9-17(10-12-27)15-29-3)13-19(14-28)26-23(21)25-18-7-5-4-6-8-18;1-2/h13-14,16-18,24H,4-12,15H2,1-3H3,(H,25,26);2H,1H3. The van der Waals surface area contributed by atoms with Gasteiger partial charge in [-0.25, -0.2) is 4.98 Å². The van der Waals surface area contributed by atoms with Crippen molar-refractivity contribution in [2.45, 2.75) is 64.8 Å². The molecule has 0 spiro atoms. The van der Waals surface area contributed by atoms with E-state index in [1.165, 1.54) is 19.3 Å². The molecule has 3 rings (SSSR count). The first-order valence-corrected chi connectivity index (χ1v) is 11.6. The van der Waals surface area contributed by atoms with E-state index >= 15 is 0 Å². The third-order valence-electron chi connectivity index (χ3n) is 6.29. The number of aliphatic hydroxyl groups is 1. The number of piperidine rings is 1. The summed E-state index contributed by atoms with van der Waals surface area (Å²) in [4.78, 5) is 18.6. The Morgan fingerprint density at radius 3 is 2.45 bits per heavy atom. The van der Waals surface area contributed by atoms with Crippen molar-refractivity contribution < 1.29 is 14.6 Å². The minimum atomic E-state index is 0.0931. The van der Waals surface area contributed by atoms with Crippen molar-refractivity contribution in [2.75, 3.05) is 44.1 Å². The lowest BCUT2D eigenvalue weighted by atomic mass is 9.93. The zero-order valence-corrected chi connectivity index (χ0v) is 19.6. The molecule has 1 aliphatic carbocycles. The number of nitrogens with one attached hydrogen (secondary N) is 2. The highest BCUT2D eigenvalue weighted by molar-refractivity contribution is 6.09. The van der Waals surface area contributed by atoms with Crippen molar-refractivity contribution in [1.29, 1.82) is 5.41 Å². The number of hydrogen-bond acceptors (Lipinski definition) is 7. The van der Waals surface area contributed by atoms with Gasteiger partial charge in [0.05, 0.1) is 11.3 Å². The molecule has 0 radical (unpaired) electrons. The van der Waals surface area contributed by atoms with Crippen molar-refractivity contribution >= 4 is 23.5 Å². The molecule has 7 heteroatoms. The van der Waals surface area contributed by atoms with E-state index in [1.807, 2.05) is 6.07 Å². The van der Waals surface area contributed by atoms with Crippen LogP contribution in [0.4, 0.5) is 11.5 Å². The highest BCUT2D eigenvalue weighted by Gasteiger charge is 2.27.